The third-order valence-electron chi connectivity index (χ3n) is 5.89. The van der Waals surface area contributed by atoms with Crippen molar-refractivity contribution in [1.82, 2.24) is 4.98 Å². The molecule has 1 amide bonds. The number of nitrogens with zero attached hydrogens (tertiary/aromatic N) is 3. The average molecular weight is 546 g/mol. The Labute approximate surface area is 226 Å². The zero-order valence-corrected chi connectivity index (χ0v) is 22.3. The number of fused-ring (bicyclic) bond motifs is 2. The van der Waals surface area contributed by atoms with Crippen molar-refractivity contribution >= 4 is 49.8 Å². The first-order valence-electron chi connectivity index (χ1n) is 11.6. The average Bonchev–Trinajstić information content (AvgIpc) is 3.40. The zero-order valence-electron chi connectivity index (χ0n) is 21.5. The molecule has 5 rings (SSSR count). The number of hydrogen-bond donors (Lipinski definition) is 0. The third kappa shape index (κ3) is 4.87. The minimum absolute atomic E-state index is 0.166. The molecule has 0 saturated carbocycles. The number of benzene rings is 3. The lowest BCUT2D eigenvalue weighted by molar-refractivity contribution is 0.0987. The summed E-state index contributed by atoms with van der Waals surface area (Å²) in [6.07, 6.45) is 2.58. The van der Waals surface area contributed by atoms with Gasteiger partial charge in [-0.15, -0.1) is 0 Å². The molecule has 198 valence electrons. The van der Waals surface area contributed by atoms with Crippen LogP contribution >= 0.6 is 11.3 Å². The second kappa shape index (κ2) is 10.8. The molecule has 2 aromatic heterocycles. The molecule has 0 spiro atoms. The first-order chi connectivity index (χ1) is 19.0. The maximum atomic E-state index is 13.9. The summed E-state index contributed by atoms with van der Waals surface area (Å²) in [5.41, 5.74) is 1.18. The minimum Gasteiger partial charge on any atom is -0.497 e. The summed E-state index contributed by atoms with van der Waals surface area (Å²) in [6.45, 7) is 0. The van der Waals surface area contributed by atoms with Gasteiger partial charge in [-0.3, -0.25) is 9.59 Å². The highest BCUT2D eigenvalue weighted by Gasteiger charge is 2.25. The van der Waals surface area contributed by atoms with E-state index in [2.05, 4.69) is 10.1 Å². The highest BCUT2D eigenvalue weighted by molar-refractivity contribution is 7.22. The number of carbonyl (C=O) groups excluding carboxylic acids is 1. The fraction of sp³-hybridized carbons (Fsp3) is 0.143. The van der Waals surface area contributed by atoms with Gasteiger partial charge in [0, 0.05) is 5.56 Å². The van der Waals surface area contributed by atoms with E-state index in [1.54, 1.807) is 43.5 Å². The summed E-state index contributed by atoms with van der Waals surface area (Å²) >= 11 is 1.24. The maximum Gasteiger partial charge on any atom is 0.281 e. The van der Waals surface area contributed by atoms with Crippen LogP contribution in [0.5, 0.6) is 23.0 Å². The minimum atomic E-state index is -0.540. The van der Waals surface area contributed by atoms with E-state index in [9.17, 15) is 9.59 Å². The highest BCUT2D eigenvalue weighted by atomic mass is 32.1. The molecular weight excluding hydrogens is 522 g/mol. The normalized spacial score (nSPS) is 11.2. The number of thiazole rings is 1. The Bertz CT molecular complexity index is 1750. The van der Waals surface area contributed by atoms with Crippen LogP contribution < -0.4 is 29.4 Å². The van der Waals surface area contributed by atoms with Crippen molar-refractivity contribution in [3.8, 4) is 23.0 Å². The van der Waals surface area contributed by atoms with Crippen LogP contribution in [0.1, 0.15) is 15.9 Å². The summed E-state index contributed by atoms with van der Waals surface area (Å²) in [4.78, 5) is 31.5. The Kier molecular flexibility index (Phi) is 7.15. The van der Waals surface area contributed by atoms with Gasteiger partial charge in [0.15, 0.2) is 11.5 Å². The molecule has 11 heteroatoms. The Morgan fingerprint density at radius 1 is 0.974 bits per heavy atom. The summed E-state index contributed by atoms with van der Waals surface area (Å²) in [5.74, 6) is 1.05. The molecule has 5 aromatic rings. The quantitative estimate of drug-likeness (QED) is 0.195. The predicted molar refractivity (Wildman–Crippen MR) is 149 cm³/mol. The topological polar surface area (TPSA) is 113 Å². The maximum absolute atomic E-state index is 13.9. The zero-order chi connectivity index (χ0) is 27.5. The van der Waals surface area contributed by atoms with E-state index >= 15 is 0 Å². The molecule has 0 bridgehead atoms. The molecule has 0 N–H and O–H groups in total. The van der Waals surface area contributed by atoms with Crippen LogP contribution in [-0.2, 0) is 0 Å². The number of methoxy groups -OCH3 is 4. The van der Waals surface area contributed by atoms with E-state index in [0.29, 0.717) is 39.5 Å². The molecule has 0 radical (unpaired) electrons. The molecule has 10 nitrogen and oxygen atoms in total. The van der Waals surface area contributed by atoms with Gasteiger partial charge in [-0.25, -0.2) is 4.98 Å². The molecule has 0 aliphatic heterocycles. The van der Waals surface area contributed by atoms with Crippen molar-refractivity contribution in [2.24, 2.45) is 5.10 Å². The fourth-order valence-corrected chi connectivity index (χ4v) is 4.88. The standard InChI is InChI=1S/C28H23N3O7S/c1-34-18-9-10-20-24(13-18)39-28(30-20)31(27(33)16-11-22(35-2)26(37-4)23(12-16)36-3)29-14-17-15-38-21-8-6-5-7-19(21)25(17)32/h5-15H,1-4H3/b29-14+. The van der Waals surface area contributed by atoms with Crippen LogP contribution in [0.25, 0.3) is 21.2 Å². The number of ether oxygens (including phenoxy) is 4. The van der Waals surface area contributed by atoms with Gasteiger partial charge in [0.1, 0.15) is 17.6 Å². The van der Waals surface area contributed by atoms with Crippen molar-refractivity contribution in [3.63, 3.8) is 0 Å². The van der Waals surface area contributed by atoms with E-state index < -0.39 is 5.91 Å². The smallest absolute Gasteiger partial charge is 0.281 e. The summed E-state index contributed by atoms with van der Waals surface area (Å²) in [6, 6.07) is 15.3. The van der Waals surface area contributed by atoms with Crippen molar-refractivity contribution in [2.45, 2.75) is 0 Å². The van der Waals surface area contributed by atoms with Crippen LogP contribution in [0.15, 0.2) is 75.2 Å². The Morgan fingerprint density at radius 2 is 1.72 bits per heavy atom. The van der Waals surface area contributed by atoms with Gasteiger partial charge < -0.3 is 23.4 Å². The lowest BCUT2D eigenvalue weighted by atomic mass is 10.1. The number of hydrogen-bond acceptors (Lipinski definition) is 10. The first kappa shape index (κ1) is 25.7. The van der Waals surface area contributed by atoms with Crippen LogP contribution in [0, 0.1) is 0 Å². The van der Waals surface area contributed by atoms with Crippen molar-refractivity contribution in [3.05, 3.63) is 82.2 Å². The van der Waals surface area contributed by atoms with Crippen molar-refractivity contribution < 1.29 is 28.2 Å². The van der Waals surface area contributed by atoms with Gasteiger partial charge in [-0.2, -0.15) is 10.1 Å². The second-order valence-electron chi connectivity index (χ2n) is 8.12. The Morgan fingerprint density at radius 3 is 2.41 bits per heavy atom. The van der Waals surface area contributed by atoms with E-state index in [0.717, 1.165) is 9.71 Å². The highest BCUT2D eigenvalue weighted by Crippen LogP contribution is 2.39. The van der Waals surface area contributed by atoms with Gasteiger partial charge in [0.25, 0.3) is 5.91 Å². The molecule has 0 saturated heterocycles. The van der Waals surface area contributed by atoms with E-state index in [-0.39, 0.29) is 21.7 Å². The number of aromatic nitrogens is 1. The van der Waals surface area contributed by atoms with Crippen molar-refractivity contribution in [2.75, 3.05) is 33.4 Å². The monoisotopic (exact) mass is 545 g/mol. The summed E-state index contributed by atoms with van der Waals surface area (Å²) < 4.78 is 27.9. The van der Waals surface area contributed by atoms with E-state index in [1.807, 2.05) is 6.07 Å². The predicted octanol–water partition coefficient (Wildman–Crippen LogP) is 5.12. The summed E-state index contributed by atoms with van der Waals surface area (Å²) in [7, 11) is 5.97. The molecule has 0 aliphatic carbocycles. The fourth-order valence-electron chi connectivity index (χ4n) is 3.93. The van der Waals surface area contributed by atoms with Gasteiger partial charge in [-0.1, -0.05) is 23.5 Å². The Balaban J connectivity index is 1.63. The van der Waals surface area contributed by atoms with Crippen LogP contribution in [0.3, 0.4) is 0 Å². The van der Waals surface area contributed by atoms with Gasteiger partial charge in [0.2, 0.25) is 16.3 Å². The van der Waals surface area contributed by atoms with Gasteiger partial charge >= 0.3 is 0 Å². The number of anilines is 1. The number of amides is 1. The van der Waals surface area contributed by atoms with Crippen LogP contribution in [-0.4, -0.2) is 45.5 Å². The molecule has 0 fully saturated rings. The molecule has 2 heterocycles. The Hall–Kier alpha value is -4.90. The van der Waals surface area contributed by atoms with Gasteiger partial charge in [-0.05, 0) is 42.5 Å². The van der Waals surface area contributed by atoms with Crippen LogP contribution in [0.2, 0.25) is 0 Å². The third-order valence-corrected chi connectivity index (χ3v) is 6.88. The molecule has 0 atom stereocenters. The number of hydrazone groups is 1. The first-order valence-corrected chi connectivity index (χ1v) is 12.4. The number of carbonyl (C=O) groups is 1. The second-order valence-corrected chi connectivity index (χ2v) is 9.13. The summed E-state index contributed by atoms with van der Waals surface area (Å²) in [5, 5.41) is 6.20. The molecule has 0 aliphatic rings. The van der Waals surface area contributed by atoms with E-state index in [1.165, 1.54) is 57.3 Å². The lowest BCUT2D eigenvalue weighted by Gasteiger charge is -2.17. The molecule has 39 heavy (non-hydrogen) atoms. The van der Waals surface area contributed by atoms with Crippen molar-refractivity contribution in [1.29, 1.82) is 0 Å². The number of para-hydroxylation sites is 1. The molecular formula is C28H23N3O7S. The SMILES string of the molecule is COc1ccc2nc(N(/N=C/c3coc4ccccc4c3=O)C(=O)c3cc(OC)c(OC)c(OC)c3)sc2c1. The molecule has 0 unspecified atom stereocenters. The molecule has 3 aromatic carbocycles. The largest absolute Gasteiger partial charge is 0.497 e. The van der Waals surface area contributed by atoms with E-state index in [4.69, 9.17) is 23.4 Å². The van der Waals surface area contributed by atoms with Gasteiger partial charge in [0.05, 0.1) is 55.8 Å². The number of rotatable bonds is 8. The van der Waals surface area contributed by atoms with Crippen LogP contribution in [0.4, 0.5) is 5.13 Å². The lowest BCUT2D eigenvalue weighted by Crippen LogP contribution is -2.26.